The summed E-state index contributed by atoms with van der Waals surface area (Å²) in [5.74, 6) is 1.02. The van der Waals surface area contributed by atoms with Gasteiger partial charge in [0, 0.05) is 24.4 Å². The molecule has 3 aromatic rings. The van der Waals surface area contributed by atoms with Crippen LogP contribution in [0.25, 0.3) is 11.0 Å². The van der Waals surface area contributed by atoms with Crippen molar-refractivity contribution in [2.24, 2.45) is 0 Å². The van der Waals surface area contributed by atoms with Gasteiger partial charge in [-0.25, -0.2) is 0 Å². The number of para-hydroxylation sites is 1. The predicted molar refractivity (Wildman–Crippen MR) is 89.3 cm³/mol. The third-order valence-electron chi connectivity index (χ3n) is 4.57. The molecule has 3 heterocycles. The number of aryl methyl sites for hydroxylation is 3. The molecular formula is C18H19N3O4. The molecule has 1 atom stereocenters. The SMILES string of the molecule is Cc1nnc(C2COCCN2C(=O)c2oc3c(C)cccc3c2C)o1. The Labute approximate surface area is 144 Å². The van der Waals surface area contributed by atoms with E-state index in [1.165, 1.54) is 0 Å². The largest absolute Gasteiger partial charge is 0.450 e. The number of hydrogen-bond donors (Lipinski definition) is 0. The fourth-order valence-electron chi connectivity index (χ4n) is 3.22. The van der Waals surface area contributed by atoms with Gasteiger partial charge in [-0.3, -0.25) is 4.79 Å². The van der Waals surface area contributed by atoms with Crippen LogP contribution in [0.2, 0.25) is 0 Å². The second-order valence-electron chi connectivity index (χ2n) is 6.26. The Morgan fingerprint density at radius 3 is 2.76 bits per heavy atom. The summed E-state index contributed by atoms with van der Waals surface area (Å²) in [6.07, 6.45) is 0. The molecule has 1 aliphatic rings. The van der Waals surface area contributed by atoms with Crippen molar-refractivity contribution < 1.29 is 18.4 Å². The zero-order valence-electron chi connectivity index (χ0n) is 14.4. The van der Waals surface area contributed by atoms with E-state index in [4.69, 9.17) is 13.6 Å². The van der Waals surface area contributed by atoms with Gasteiger partial charge in [0.25, 0.3) is 5.91 Å². The summed E-state index contributed by atoms with van der Waals surface area (Å²) < 4.78 is 17.0. The molecule has 1 fully saturated rings. The van der Waals surface area contributed by atoms with E-state index in [0.717, 1.165) is 22.1 Å². The number of benzene rings is 1. The number of fused-ring (bicyclic) bond motifs is 1. The molecule has 0 saturated carbocycles. The van der Waals surface area contributed by atoms with Gasteiger partial charge in [-0.15, -0.1) is 10.2 Å². The van der Waals surface area contributed by atoms with Gasteiger partial charge in [0.15, 0.2) is 5.76 Å². The lowest BCUT2D eigenvalue weighted by Gasteiger charge is -2.32. The average molecular weight is 341 g/mol. The standard InChI is InChI=1S/C18H19N3O4/c1-10-5-4-6-13-11(2)16(25-15(10)13)18(22)21-7-8-23-9-14(21)17-20-19-12(3)24-17/h4-6,14H,7-9H2,1-3H3. The van der Waals surface area contributed by atoms with E-state index in [0.29, 0.717) is 37.3 Å². The van der Waals surface area contributed by atoms with Crippen LogP contribution in [0.1, 0.15) is 39.5 Å². The van der Waals surface area contributed by atoms with Crippen molar-refractivity contribution in [1.29, 1.82) is 0 Å². The third kappa shape index (κ3) is 2.60. The zero-order chi connectivity index (χ0) is 17.6. The number of hydrogen-bond acceptors (Lipinski definition) is 6. The average Bonchev–Trinajstić information content (AvgIpc) is 3.19. The molecule has 0 spiro atoms. The lowest BCUT2D eigenvalue weighted by molar-refractivity contribution is -0.0120. The summed E-state index contributed by atoms with van der Waals surface area (Å²) in [5.41, 5.74) is 2.60. The number of furan rings is 1. The fraction of sp³-hybridized carbons (Fsp3) is 0.389. The Morgan fingerprint density at radius 1 is 1.20 bits per heavy atom. The number of aromatic nitrogens is 2. The quantitative estimate of drug-likeness (QED) is 0.713. The molecule has 0 aliphatic carbocycles. The van der Waals surface area contributed by atoms with Gasteiger partial charge in [-0.1, -0.05) is 18.2 Å². The summed E-state index contributed by atoms with van der Waals surface area (Å²) in [6, 6.07) is 5.50. The van der Waals surface area contributed by atoms with E-state index in [1.807, 2.05) is 32.0 Å². The maximum atomic E-state index is 13.2. The number of nitrogens with zero attached hydrogens (tertiary/aromatic N) is 3. The van der Waals surface area contributed by atoms with Gasteiger partial charge in [0.2, 0.25) is 11.8 Å². The van der Waals surface area contributed by atoms with Crippen LogP contribution in [0.3, 0.4) is 0 Å². The van der Waals surface area contributed by atoms with Gasteiger partial charge >= 0.3 is 0 Å². The molecule has 1 unspecified atom stereocenters. The van der Waals surface area contributed by atoms with Crippen LogP contribution in [0.5, 0.6) is 0 Å². The lowest BCUT2D eigenvalue weighted by atomic mass is 10.1. The first-order valence-corrected chi connectivity index (χ1v) is 8.23. The highest BCUT2D eigenvalue weighted by Gasteiger charge is 2.35. The van der Waals surface area contributed by atoms with Crippen LogP contribution in [0, 0.1) is 20.8 Å². The van der Waals surface area contributed by atoms with E-state index in [9.17, 15) is 4.79 Å². The van der Waals surface area contributed by atoms with Crippen molar-refractivity contribution in [3.63, 3.8) is 0 Å². The first-order valence-electron chi connectivity index (χ1n) is 8.23. The second kappa shape index (κ2) is 6.00. The molecule has 7 heteroatoms. The Morgan fingerprint density at radius 2 is 2.04 bits per heavy atom. The molecular weight excluding hydrogens is 322 g/mol. The molecule has 25 heavy (non-hydrogen) atoms. The number of carbonyl (C=O) groups is 1. The van der Waals surface area contributed by atoms with Crippen LogP contribution < -0.4 is 0 Å². The van der Waals surface area contributed by atoms with E-state index in [1.54, 1.807) is 11.8 Å². The predicted octanol–water partition coefficient (Wildman–Crippen LogP) is 2.95. The van der Waals surface area contributed by atoms with Crippen LogP contribution in [0.4, 0.5) is 0 Å². The normalized spacial score (nSPS) is 18.0. The molecule has 7 nitrogen and oxygen atoms in total. The van der Waals surface area contributed by atoms with Crippen LogP contribution in [0.15, 0.2) is 27.0 Å². The fourth-order valence-corrected chi connectivity index (χ4v) is 3.22. The highest BCUT2D eigenvalue weighted by Crippen LogP contribution is 2.31. The maximum Gasteiger partial charge on any atom is 0.290 e. The van der Waals surface area contributed by atoms with Crippen molar-refractivity contribution in [2.45, 2.75) is 26.8 Å². The molecule has 1 aromatic carbocycles. The highest BCUT2D eigenvalue weighted by atomic mass is 16.5. The molecule has 1 aliphatic heterocycles. The molecule has 2 aromatic heterocycles. The van der Waals surface area contributed by atoms with Gasteiger partial charge in [0.1, 0.15) is 11.6 Å². The summed E-state index contributed by atoms with van der Waals surface area (Å²) >= 11 is 0. The Bertz CT molecular complexity index is 943. The van der Waals surface area contributed by atoms with E-state index < -0.39 is 6.04 Å². The molecule has 0 bridgehead atoms. The Kier molecular flexibility index (Phi) is 3.80. The summed E-state index contributed by atoms with van der Waals surface area (Å²) in [5, 5.41) is 8.87. The second-order valence-corrected chi connectivity index (χ2v) is 6.26. The van der Waals surface area contributed by atoms with Crippen molar-refractivity contribution >= 4 is 16.9 Å². The lowest BCUT2D eigenvalue weighted by Crippen LogP contribution is -2.43. The number of ether oxygens (including phenoxy) is 1. The smallest absolute Gasteiger partial charge is 0.290 e. The molecule has 4 rings (SSSR count). The summed E-state index contributed by atoms with van der Waals surface area (Å²) in [4.78, 5) is 14.9. The Hall–Kier alpha value is -2.67. The molecule has 130 valence electrons. The van der Waals surface area contributed by atoms with Gasteiger partial charge in [-0.2, -0.15) is 0 Å². The van der Waals surface area contributed by atoms with Crippen molar-refractivity contribution in [2.75, 3.05) is 19.8 Å². The first kappa shape index (κ1) is 15.8. The third-order valence-corrected chi connectivity index (χ3v) is 4.57. The highest BCUT2D eigenvalue weighted by molar-refractivity contribution is 5.99. The maximum absolute atomic E-state index is 13.2. The topological polar surface area (TPSA) is 81.6 Å². The number of rotatable bonds is 2. The minimum atomic E-state index is -0.406. The van der Waals surface area contributed by atoms with E-state index >= 15 is 0 Å². The van der Waals surface area contributed by atoms with Crippen molar-refractivity contribution in [1.82, 2.24) is 15.1 Å². The minimum absolute atomic E-state index is 0.183. The summed E-state index contributed by atoms with van der Waals surface area (Å²) in [6.45, 7) is 6.83. The van der Waals surface area contributed by atoms with E-state index in [-0.39, 0.29) is 5.91 Å². The van der Waals surface area contributed by atoms with Gasteiger partial charge in [0.05, 0.1) is 13.2 Å². The van der Waals surface area contributed by atoms with Gasteiger partial charge in [-0.05, 0) is 19.4 Å². The number of amides is 1. The van der Waals surface area contributed by atoms with Crippen LogP contribution in [-0.2, 0) is 4.74 Å². The zero-order valence-corrected chi connectivity index (χ0v) is 14.4. The summed E-state index contributed by atoms with van der Waals surface area (Å²) in [7, 11) is 0. The minimum Gasteiger partial charge on any atom is -0.450 e. The Balaban J connectivity index is 1.74. The molecule has 1 saturated heterocycles. The van der Waals surface area contributed by atoms with Crippen LogP contribution in [-0.4, -0.2) is 40.8 Å². The van der Waals surface area contributed by atoms with Crippen molar-refractivity contribution in [3.05, 3.63) is 46.9 Å². The van der Waals surface area contributed by atoms with Gasteiger partial charge < -0.3 is 18.5 Å². The monoisotopic (exact) mass is 341 g/mol. The molecule has 1 amide bonds. The number of carbonyl (C=O) groups excluding carboxylic acids is 1. The molecule has 0 radical (unpaired) electrons. The van der Waals surface area contributed by atoms with Crippen molar-refractivity contribution in [3.8, 4) is 0 Å². The first-order chi connectivity index (χ1) is 12.1. The van der Waals surface area contributed by atoms with Crippen LogP contribution >= 0.6 is 0 Å². The van der Waals surface area contributed by atoms with E-state index in [2.05, 4.69) is 10.2 Å². The molecule has 0 N–H and O–H groups in total. The number of morpholine rings is 1.